The van der Waals surface area contributed by atoms with Crippen LogP contribution in [0, 0.1) is 18.4 Å². The molecule has 0 spiro atoms. The molecule has 5 fully saturated rings. The second-order valence-corrected chi connectivity index (χ2v) is 10.9. The van der Waals surface area contributed by atoms with Gasteiger partial charge in [0, 0.05) is 24.0 Å². The maximum absolute atomic E-state index is 12.8. The number of rotatable bonds is 10. The first kappa shape index (κ1) is 23.4. The van der Waals surface area contributed by atoms with E-state index in [4.69, 9.17) is 11.3 Å². The van der Waals surface area contributed by atoms with Gasteiger partial charge in [-0.05, 0) is 63.2 Å². The van der Waals surface area contributed by atoms with Gasteiger partial charge >= 0.3 is 12.3 Å². The molecular weight excluding hydrogens is 404 g/mol. The molecule has 0 aromatic rings. The van der Waals surface area contributed by atoms with Gasteiger partial charge in [-0.25, -0.2) is 11.4 Å². The Morgan fingerprint density at radius 2 is 1.81 bits per heavy atom. The Bertz CT molecular complexity index is 719. The zero-order valence-corrected chi connectivity index (χ0v) is 19.7. The molecule has 178 valence electrons. The number of carbonyl (C=O) groups is 2. The zero-order valence-electron chi connectivity index (χ0n) is 19.7. The van der Waals surface area contributed by atoms with E-state index >= 15 is 0 Å². The van der Waals surface area contributed by atoms with Crippen molar-refractivity contribution in [2.24, 2.45) is 11.8 Å². The average molecular weight is 445 g/mol. The van der Waals surface area contributed by atoms with Crippen LogP contribution in [0.5, 0.6) is 0 Å². The summed E-state index contributed by atoms with van der Waals surface area (Å²) in [7, 11) is 0. The number of nitrogens with one attached hydrogen (secondary N) is 2. The standard InChI is InChI=1S/C25H40N4O3/c1-3-4-5-6-7-11-32-23(31)28-25-15-19-12-20(16-25)14-24(13-19,18-25)27-17-22(30)29-10-8-9-21(29)26-2/h19-21,27H,3-18H2,1H3,(H,28,31)/t19?,20?,21-,24?,25?/m0/s1. The van der Waals surface area contributed by atoms with Gasteiger partial charge in [0.05, 0.1) is 13.2 Å². The molecule has 4 saturated carbocycles. The number of amides is 2. The molecule has 4 bridgehead atoms. The molecule has 2 amide bonds. The molecule has 5 rings (SSSR count). The van der Waals surface area contributed by atoms with Crippen LogP contribution in [0.25, 0.3) is 4.85 Å². The topological polar surface area (TPSA) is 75.0 Å². The largest absolute Gasteiger partial charge is 0.450 e. The van der Waals surface area contributed by atoms with E-state index in [1.807, 2.05) is 0 Å². The van der Waals surface area contributed by atoms with Crippen molar-refractivity contribution in [2.75, 3.05) is 19.7 Å². The van der Waals surface area contributed by atoms with Gasteiger partial charge in [0.2, 0.25) is 5.91 Å². The average Bonchev–Trinajstić information content (AvgIpc) is 3.22. The second-order valence-electron chi connectivity index (χ2n) is 10.9. The van der Waals surface area contributed by atoms with Crippen LogP contribution in [-0.4, -0.2) is 53.8 Å². The lowest BCUT2D eigenvalue weighted by atomic mass is 9.50. The molecule has 0 radical (unpaired) electrons. The fourth-order valence-electron chi connectivity index (χ4n) is 7.28. The number of hydrogen-bond donors (Lipinski definition) is 2. The number of ether oxygens (including phenoxy) is 1. The highest BCUT2D eigenvalue weighted by Gasteiger charge is 2.58. The Morgan fingerprint density at radius 3 is 2.53 bits per heavy atom. The Labute approximate surface area is 192 Å². The van der Waals surface area contributed by atoms with Crippen LogP contribution in [0.1, 0.15) is 90.4 Å². The molecule has 2 N–H and O–H groups in total. The molecular formula is C25H40N4O3. The quantitative estimate of drug-likeness (QED) is 0.391. The van der Waals surface area contributed by atoms with Crippen LogP contribution in [0.2, 0.25) is 0 Å². The number of likely N-dealkylation sites (tertiary alicyclic amines) is 1. The molecule has 1 aliphatic heterocycles. The lowest BCUT2D eigenvalue weighted by molar-refractivity contribution is -0.132. The van der Waals surface area contributed by atoms with E-state index < -0.39 is 0 Å². The second kappa shape index (κ2) is 9.99. The lowest BCUT2D eigenvalue weighted by Gasteiger charge is -2.62. The van der Waals surface area contributed by atoms with Gasteiger partial charge < -0.3 is 15.4 Å². The molecule has 32 heavy (non-hydrogen) atoms. The third-order valence-electron chi connectivity index (χ3n) is 8.21. The van der Waals surface area contributed by atoms with Crippen molar-refractivity contribution in [3.8, 4) is 0 Å². The predicted octanol–water partition coefficient (Wildman–Crippen LogP) is 4.23. The van der Waals surface area contributed by atoms with Gasteiger partial charge in [0.15, 0.2) is 0 Å². The summed E-state index contributed by atoms with van der Waals surface area (Å²) in [4.78, 5) is 30.8. The minimum absolute atomic E-state index is 0.0451. The minimum Gasteiger partial charge on any atom is -0.450 e. The van der Waals surface area contributed by atoms with E-state index in [1.165, 1.54) is 25.7 Å². The minimum atomic E-state index is -0.287. The Kier molecular flexibility index (Phi) is 7.29. The summed E-state index contributed by atoms with van der Waals surface area (Å²) < 4.78 is 5.52. The molecule has 1 saturated heterocycles. The van der Waals surface area contributed by atoms with Crippen molar-refractivity contribution in [1.29, 1.82) is 0 Å². The molecule has 7 nitrogen and oxygen atoms in total. The van der Waals surface area contributed by atoms with Crippen LogP contribution in [-0.2, 0) is 9.53 Å². The molecule has 3 atom stereocenters. The first-order chi connectivity index (χ1) is 15.5. The van der Waals surface area contributed by atoms with Gasteiger partial charge in [-0.1, -0.05) is 32.6 Å². The van der Waals surface area contributed by atoms with E-state index in [-0.39, 0.29) is 29.2 Å². The van der Waals surface area contributed by atoms with Gasteiger partial charge in [-0.2, -0.15) is 0 Å². The number of nitrogens with zero attached hydrogens (tertiary/aromatic N) is 2. The molecule has 5 aliphatic rings. The van der Waals surface area contributed by atoms with E-state index in [2.05, 4.69) is 22.4 Å². The summed E-state index contributed by atoms with van der Waals surface area (Å²) in [5.41, 5.74) is -0.285. The van der Waals surface area contributed by atoms with Crippen LogP contribution >= 0.6 is 0 Å². The first-order valence-corrected chi connectivity index (χ1v) is 12.8. The summed E-state index contributed by atoms with van der Waals surface area (Å²) >= 11 is 0. The third-order valence-corrected chi connectivity index (χ3v) is 8.21. The Hall–Kier alpha value is -1.81. The summed E-state index contributed by atoms with van der Waals surface area (Å²) in [6.07, 6.45) is 13.2. The highest BCUT2D eigenvalue weighted by molar-refractivity contribution is 5.79. The Balaban J connectivity index is 1.30. The highest BCUT2D eigenvalue weighted by Crippen LogP contribution is 2.57. The van der Waals surface area contributed by atoms with Crippen molar-refractivity contribution >= 4 is 12.0 Å². The number of alkyl carbamates (subject to hydrolysis) is 1. The van der Waals surface area contributed by atoms with Crippen molar-refractivity contribution in [1.82, 2.24) is 15.5 Å². The summed E-state index contributed by atoms with van der Waals surface area (Å²) in [6, 6.07) is 0. The Morgan fingerprint density at radius 1 is 1.09 bits per heavy atom. The maximum Gasteiger partial charge on any atom is 0.407 e. The fourth-order valence-corrected chi connectivity index (χ4v) is 7.28. The fraction of sp³-hybridized carbons (Fsp3) is 0.880. The molecule has 0 aromatic heterocycles. The predicted molar refractivity (Wildman–Crippen MR) is 123 cm³/mol. The smallest absolute Gasteiger partial charge is 0.407 e. The molecule has 0 aromatic carbocycles. The zero-order chi connectivity index (χ0) is 22.6. The SMILES string of the molecule is [C-]#[N+][C@@H]1CCCN1C(=O)CNC12CC3CC(C1)CC(NC(=O)OCCCCCCC)(C3)C2. The number of carbonyl (C=O) groups excluding carboxylic acids is 2. The third kappa shape index (κ3) is 5.22. The van der Waals surface area contributed by atoms with E-state index in [0.29, 0.717) is 31.5 Å². The molecule has 4 aliphatic carbocycles. The van der Waals surface area contributed by atoms with Crippen molar-refractivity contribution in [3.05, 3.63) is 11.4 Å². The van der Waals surface area contributed by atoms with Gasteiger partial charge in [0.1, 0.15) is 0 Å². The van der Waals surface area contributed by atoms with Crippen molar-refractivity contribution in [2.45, 2.75) is 108 Å². The number of hydrogen-bond acceptors (Lipinski definition) is 4. The van der Waals surface area contributed by atoms with Gasteiger partial charge in [-0.15, -0.1) is 0 Å². The van der Waals surface area contributed by atoms with Crippen LogP contribution in [0.15, 0.2) is 0 Å². The van der Waals surface area contributed by atoms with E-state index in [9.17, 15) is 9.59 Å². The van der Waals surface area contributed by atoms with Gasteiger partial charge in [-0.3, -0.25) is 14.5 Å². The lowest BCUT2D eigenvalue weighted by Crippen LogP contribution is -2.69. The van der Waals surface area contributed by atoms with E-state index in [1.54, 1.807) is 4.90 Å². The van der Waals surface area contributed by atoms with Crippen LogP contribution in [0.4, 0.5) is 4.79 Å². The first-order valence-electron chi connectivity index (χ1n) is 12.8. The van der Waals surface area contributed by atoms with Gasteiger partial charge in [0.25, 0.3) is 0 Å². The van der Waals surface area contributed by atoms with Crippen molar-refractivity contribution < 1.29 is 14.3 Å². The summed E-state index contributed by atoms with van der Waals surface area (Å²) in [6.45, 7) is 11.0. The normalized spacial score (nSPS) is 35.0. The molecule has 2 unspecified atom stereocenters. The van der Waals surface area contributed by atoms with E-state index in [0.717, 1.165) is 57.8 Å². The molecule has 7 heteroatoms. The highest BCUT2D eigenvalue weighted by atomic mass is 16.5. The number of unbranched alkanes of at least 4 members (excludes halogenated alkanes) is 4. The summed E-state index contributed by atoms with van der Waals surface area (Å²) in [5.74, 6) is 1.23. The van der Waals surface area contributed by atoms with Crippen LogP contribution in [0.3, 0.4) is 0 Å². The summed E-state index contributed by atoms with van der Waals surface area (Å²) in [5, 5.41) is 6.91. The van der Waals surface area contributed by atoms with Crippen molar-refractivity contribution in [3.63, 3.8) is 0 Å². The monoisotopic (exact) mass is 444 g/mol. The van der Waals surface area contributed by atoms with Crippen LogP contribution < -0.4 is 10.6 Å². The molecule has 1 heterocycles. The maximum atomic E-state index is 12.8.